The van der Waals surface area contributed by atoms with Crippen LogP contribution in [0.1, 0.15) is 6.92 Å². The van der Waals surface area contributed by atoms with Gasteiger partial charge in [-0.2, -0.15) is 0 Å². The van der Waals surface area contributed by atoms with Gasteiger partial charge in [-0.25, -0.2) is 13.4 Å². The summed E-state index contributed by atoms with van der Waals surface area (Å²) in [7, 11) is -1.71. The molecule has 0 unspecified atom stereocenters. The van der Waals surface area contributed by atoms with Gasteiger partial charge in [0, 0.05) is 22.5 Å². The van der Waals surface area contributed by atoms with Gasteiger partial charge in [0.1, 0.15) is 11.4 Å². The van der Waals surface area contributed by atoms with E-state index in [1.54, 1.807) is 38.4 Å². The highest BCUT2D eigenvalue weighted by Crippen LogP contribution is 2.40. The van der Waals surface area contributed by atoms with E-state index in [9.17, 15) is 8.42 Å². The average molecular weight is 401 g/mol. The minimum atomic E-state index is -3.32. The van der Waals surface area contributed by atoms with Crippen LogP contribution < -0.4 is 4.74 Å². The molecule has 4 aromatic rings. The molecule has 4 rings (SSSR count). The Hall–Kier alpha value is -2.57. The van der Waals surface area contributed by atoms with Crippen molar-refractivity contribution >= 4 is 43.4 Å². The van der Waals surface area contributed by atoms with Gasteiger partial charge in [-0.05, 0) is 23.8 Å². The number of aromatic amines is 1. The molecule has 0 aliphatic rings. The topological polar surface area (TPSA) is 72.0 Å². The molecule has 0 bridgehead atoms. The summed E-state index contributed by atoms with van der Waals surface area (Å²) >= 11 is 6.51. The molecule has 27 heavy (non-hydrogen) atoms. The van der Waals surface area contributed by atoms with Gasteiger partial charge >= 0.3 is 0 Å². The molecule has 0 atom stereocenters. The van der Waals surface area contributed by atoms with Crippen LogP contribution in [0.15, 0.2) is 53.6 Å². The maximum atomic E-state index is 12.3. The molecule has 0 radical (unpaired) electrons. The minimum Gasteiger partial charge on any atom is -0.495 e. The fraction of sp³-hybridized carbons (Fsp3) is 0.150. The van der Waals surface area contributed by atoms with E-state index >= 15 is 0 Å². The van der Waals surface area contributed by atoms with Gasteiger partial charge in [-0.1, -0.05) is 42.8 Å². The first-order valence-electron chi connectivity index (χ1n) is 8.42. The van der Waals surface area contributed by atoms with Gasteiger partial charge in [-0.15, -0.1) is 0 Å². The largest absolute Gasteiger partial charge is 0.495 e. The van der Waals surface area contributed by atoms with Crippen LogP contribution in [-0.2, 0) is 9.84 Å². The second-order valence-electron chi connectivity index (χ2n) is 6.14. The van der Waals surface area contributed by atoms with Crippen LogP contribution in [0.2, 0.25) is 5.02 Å². The Balaban J connectivity index is 2.08. The Morgan fingerprint density at radius 3 is 2.70 bits per heavy atom. The van der Waals surface area contributed by atoms with Crippen LogP contribution in [0.5, 0.6) is 5.75 Å². The maximum Gasteiger partial charge on any atom is 0.178 e. The lowest BCUT2D eigenvalue weighted by Crippen LogP contribution is -2.03. The summed E-state index contributed by atoms with van der Waals surface area (Å²) in [5, 5.41) is 2.21. The van der Waals surface area contributed by atoms with E-state index in [0.29, 0.717) is 16.4 Å². The molecule has 0 aliphatic heterocycles. The zero-order chi connectivity index (χ0) is 19.2. The number of benzene rings is 2. The van der Waals surface area contributed by atoms with Crippen molar-refractivity contribution in [2.75, 3.05) is 12.9 Å². The summed E-state index contributed by atoms with van der Waals surface area (Å²) in [6.45, 7) is 1.63. The SMILES string of the molecule is CCS(=O)(=O)c1cccc(-c2c(Cl)cnc3[nH]c4c(OC)cccc4c23)c1. The van der Waals surface area contributed by atoms with E-state index < -0.39 is 9.84 Å². The number of fused-ring (bicyclic) bond motifs is 3. The van der Waals surface area contributed by atoms with Crippen molar-refractivity contribution in [3.05, 3.63) is 53.7 Å². The number of halogens is 1. The molecule has 1 N–H and O–H groups in total. The predicted octanol–water partition coefficient (Wildman–Crippen LogP) is 4.84. The number of aromatic nitrogens is 2. The minimum absolute atomic E-state index is 0.0419. The van der Waals surface area contributed by atoms with Crippen LogP contribution in [0, 0.1) is 0 Å². The molecule has 0 saturated carbocycles. The third-order valence-electron chi connectivity index (χ3n) is 4.65. The second-order valence-corrected chi connectivity index (χ2v) is 8.83. The Morgan fingerprint density at radius 1 is 1.19 bits per heavy atom. The third-order valence-corrected chi connectivity index (χ3v) is 6.67. The third kappa shape index (κ3) is 2.85. The van der Waals surface area contributed by atoms with E-state index in [-0.39, 0.29) is 10.6 Å². The number of nitrogens with zero attached hydrogens (tertiary/aromatic N) is 1. The number of hydrogen-bond donors (Lipinski definition) is 1. The summed E-state index contributed by atoms with van der Waals surface area (Å²) in [6.07, 6.45) is 1.57. The number of H-pyrrole nitrogens is 1. The normalized spacial score (nSPS) is 12.0. The van der Waals surface area contributed by atoms with Crippen LogP contribution in [0.25, 0.3) is 33.1 Å². The van der Waals surface area contributed by atoms with Crippen molar-refractivity contribution in [1.82, 2.24) is 9.97 Å². The molecule has 138 valence electrons. The molecular formula is C20H17ClN2O3S. The molecule has 5 nitrogen and oxygen atoms in total. The summed E-state index contributed by atoms with van der Waals surface area (Å²) in [5.41, 5.74) is 2.96. The average Bonchev–Trinajstić information content (AvgIpc) is 3.06. The van der Waals surface area contributed by atoms with Crippen molar-refractivity contribution < 1.29 is 13.2 Å². The van der Waals surface area contributed by atoms with Crippen molar-refractivity contribution in [1.29, 1.82) is 0 Å². The number of hydrogen-bond acceptors (Lipinski definition) is 4. The first-order valence-corrected chi connectivity index (χ1v) is 10.5. The fourth-order valence-corrected chi connectivity index (χ4v) is 4.47. The Bertz CT molecular complexity index is 1280. The number of ether oxygens (including phenoxy) is 1. The summed E-state index contributed by atoms with van der Waals surface area (Å²) < 4.78 is 30.1. The number of sulfone groups is 1. The molecular weight excluding hydrogens is 384 g/mol. The van der Waals surface area contributed by atoms with E-state index in [4.69, 9.17) is 16.3 Å². The van der Waals surface area contributed by atoms with Crippen LogP contribution in [-0.4, -0.2) is 31.2 Å². The Morgan fingerprint density at radius 2 is 1.96 bits per heavy atom. The van der Waals surface area contributed by atoms with Crippen LogP contribution in [0.3, 0.4) is 0 Å². The summed E-state index contributed by atoms with van der Waals surface area (Å²) in [5.74, 6) is 0.745. The number of pyridine rings is 1. The highest BCUT2D eigenvalue weighted by Gasteiger charge is 2.19. The number of nitrogens with one attached hydrogen (secondary N) is 1. The highest BCUT2D eigenvalue weighted by atomic mass is 35.5. The second kappa shape index (κ2) is 6.55. The Labute approximate surface area is 161 Å². The van der Waals surface area contributed by atoms with Gasteiger partial charge in [0.15, 0.2) is 9.84 Å². The quantitative estimate of drug-likeness (QED) is 0.532. The van der Waals surface area contributed by atoms with Crippen molar-refractivity contribution in [2.24, 2.45) is 0 Å². The van der Waals surface area contributed by atoms with Crippen molar-refractivity contribution in [2.45, 2.75) is 11.8 Å². The van der Waals surface area contributed by atoms with E-state index in [1.165, 1.54) is 0 Å². The predicted molar refractivity (Wildman–Crippen MR) is 108 cm³/mol. The van der Waals surface area contributed by atoms with Gasteiger partial charge < -0.3 is 9.72 Å². The van der Waals surface area contributed by atoms with Crippen molar-refractivity contribution in [3.8, 4) is 16.9 Å². The molecule has 7 heteroatoms. The zero-order valence-electron chi connectivity index (χ0n) is 14.8. The van der Waals surface area contributed by atoms with E-state index in [2.05, 4.69) is 9.97 Å². The monoisotopic (exact) mass is 400 g/mol. The lowest BCUT2D eigenvalue weighted by atomic mass is 10.0. The molecule has 0 fully saturated rings. The van der Waals surface area contributed by atoms with Crippen molar-refractivity contribution in [3.63, 3.8) is 0 Å². The first-order chi connectivity index (χ1) is 13.0. The molecule has 0 amide bonds. The molecule has 2 heterocycles. The summed E-state index contributed by atoms with van der Waals surface area (Å²) in [4.78, 5) is 7.96. The number of para-hydroxylation sites is 1. The molecule has 0 spiro atoms. The van der Waals surface area contributed by atoms with Gasteiger partial charge in [0.2, 0.25) is 0 Å². The van der Waals surface area contributed by atoms with E-state index in [1.807, 2.05) is 24.3 Å². The number of rotatable bonds is 4. The smallest absolute Gasteiger partial charge is 0.178 e. The molecule has 0 aliphatic carbocycles. The Kier molecular flexibility index (Phi) is 4.32. The lowest BCUT2D eigenvalue weighted by Gasteiger charge is -2.09. The summed E-state index contributed by atoms with van der Waals surface area (Å²) in [6, 6.07) is 12.6. The van der Waals surface area contributed by atoms with Crippen LogP contribution in [0.4, 0.5) is 0 Å². The molecule has 2 aromatic heterocycles. The van der Waals surface area contributed by atoms with Gasteiger partial charge in [-0.3, -0.25) is 0 Å². The fourth-order valence-electron chi connectivity index (χ4n) is 3.30. The maximum absolute atomic E-state index is 12.3. The zero-order valence-corrected chi connectivity index (χ0v) is 16.4. The lowest BCUT2D eigenvalue weighted by molar-refractivity contribution is 0.419. The van der Waals surface area contributed by atoms with Gasteiger partial charge in [0.05, 0.1) is 28.3 Å². The van der Waals surface area contributed by atoms with Gasteiger partial charge in [0.25, 0.3) is 0 Å². The molecule has 2 aromatic carbocycles. The van der Waals surface area contributed by atoms with Crippen LogP contribution >= 0.6 is 11.6 Å². The number of methoxy groups -OCH3 is 1. The molecule has 0 saturated heterocycles. The first kappa shape index (κ1) is 17.8. The van der Waals surface area contributed by atoms with E-state index in [0.717, 1.165) is 27.4 Å². The standard InChI is InChI=1S/C20H17ClN2O3S/c1-3-27(24,25)13-7-4-6-12(10-13)17-15(21)11-22-20-18(17)14-8-5-9-16(26-2)19(14)23-20/h4-11H,3H2,1-2H3,(H,22,23). The highest BCUT2D eigenvalue weighted by molar-refractivity contribution is 7.91.